The van der Waals surface area contributed by atoms with Crippen LogP contribution in [0.15, 0.2) is 0 Å². The fourth-order valence-electron chi connectivity index (χ4n) is 1.61. The third-order valence-electron chi connectivity index (χ3n) is 2.47. The summed E-state index contributed by atoms with van der Waals surface area (Å²) < 4.78 is 0. The summed E-state index contributed by atoms with van der Waals surface area (Å²) in [6.45, 7) is 2.17. The number of nitrogens with two attached hydrogens (primary N) is 2. The lowest BCUT2D eigenvalue weighted by Crippen LogP contribution is -2.06. The second-order valence-electron chi connectivity index (χ2n) is 3.42. The van der Waals surface area contributed by atoms with E-state index in [9.17, 15) is 0 Å². The molecule has 0 saturated heterocycles. The van der Waals surface area contributed by atoms with Gasteiger partial charge in [-0.05, 0) is 12.3 Å². The third-order valence-corrected chi connectivity index (χ3v) is 2.47. The van der Waals surface area contributed by atoms with Crippen LogP contribution >= 0.6 is 0 Å². The quantitative estimate of drug-likeness (QED) is 0.691. The summed E-state index contributed by atoms with van der Waals surface area (Å²) in [4.78, 5) is 11.9. The van der Waals surface area contributed by atoms with E-state index < -0.39 is 0 Å². The predicted octanol–water partition coefficient (Wildman–Crippen LogP) is 0.549. The van der Waals surface area contributed by atoms with E-state index in [1.165, 1.54) is 0 Å². The normalized spacial score (nSPS) is 25.9. The molecule has 0 radical (unpaired) electrons. The molecule has 1 aromatic heterocycles. The maximum atomic E-state index is 5.47. The van der Waals surface area contributed by atoms with Gasteiger partial charge < -0.3 is 11.5 Å². The molecule has 0 aliphatic heterocycles. The van der Waals surface area contributed by atoms with Crippen molar-refractivity contribution in [3.8, 4) is 0 Å². The highest BCUT2D eigenvalue weighted by atomic mass is 15.1. The van der Waals surface area contributed by atoms with Crippen LogP contribution in [0, 0.1) is 5.92 Å². The number of anilines is 2. The van der Waals surface area contributed by atoms with Gasteiger partial charge in [-0.25, -0.2) is 0 Å². The number of nitrogens with zero attached hydrogens (tertiary/aromatic N) is 3. The van der Waals surface area contributed by atoms with Gasteiger partial charge in [0, 0.05) is 5.92 Å². The first-order chi connectivity index (χ1) is 6.20. The Hall–Kier alpha value is -1.39. The molecule has 1 heterocycles. The zero-order chi connectivity index (χ0) is 9.42. The van der Waals surface area contributed by atoms with E-state index in [0.29, 0.717) is 11.8 Å². The van der Waals surface area contributed by atoms with Crippen LogP contribution in [0.1, 0.15) is 31.5 Å². The van der Waals surface area contributed by atoms with Crippen molar-refractivity contribution in [2.24, 2.45) is 5.92 Å². The zero-order valence-corrected chi connectivity index (χ0v) is 7.57. The van der Waals surface area contributed by atoms with Gasteiger partial charge in [-0.15, -0.1) is 0 Å². The summed E-state index contributed by atoms with van der Waals surface area (Å²) in [5, 5.41) is 0. The third kappa shape index (κ3) is 1.54. The number of hydrogen-bond acceptors (Lipinski definition) is 5. The van der Waals surface area contributed by atoms with Crippen LogP contribution in [0.3, 0.4) is 0 Å². The van der Waals surface area contributed by atoms with Crippen LogP contribution < -0.4 is 11.5 Å². The Morgan fingerprint density at radius 2 is 1.85 bits per heavy atom. The molecular formula is C8H13N5. The molecule has 5 heteroatoms. The van der Waals surface area contributed by atoms with Gasteiger partial charge in [0.1, 0.15) is 5.82 Å². The van der Waals surface area contributed by atoms with Crippen molar-refractivity contribution in [1.82, 2.24) is 15.0 Å². The van der Waals surface area contributed by atoms with Crippen LogP contribution in [0.2, 0.25) is 0 Å². The van der Waals surface area contributed by atoms with Crippen molar-refractivity contribution in [2.45, 2.75) is 25.7 Å². The van der Waals surface area contributed by atoms with Gasteiger partial charge in [-0.3, -0.25) is 0 Å². The molecule has 0 spiro atoms. The molecule has 2 unspecified atom stereocenters. The standard InChI is InChI=1S/C8H13N5/c1-2-4-3-5(4)6-11-7(9)13-8(10)12-6/h4-5H,2-3H2,1H3,(H4,9,10,11,12,13). The van der Waals surface area contributed by atoms with Crippen molar-refractivity contribution < 1.29 is 0 Å². The van der Waals surface area contributed by atoms with E-state index in [2.05, 4.69) is 21.9 Å². The molecule has 4 N–H and O–H groups in total. The Morgan fingerprint density at radius 3 is 2.31 bits per heavy atom. The zero-order valence-electron chi connectivity index (χ0n) is 7.57. The Kier molecular flexibility index (Phi) is 1.79. The molecule has 1 aromatic rings. The van der Waals surface area contributed by atoms with Gasteiger partial charge in [0.15, 0.2) is 0 Å². The number of hydrogen-bond donors (Lipinski definition) is 2. The summed E-state index contributed by atoms with van der Waals surface area (Å²) in [5.41, 5.74) is 10.9. The van der Waals surface area contributed by atoms with Crippen LogP contribution in [-0.4, -0.2) is 15.0 Å². The molecule has 70 valence electrons. The van der Waals surface area contributed by atoms with E-state index in [-0.39, 0.29) is 11.9 Å². The second-order valence-corrected chi connectivity index (χ2v) is 3.42. The van der Waals surface area contributed by atoms with Crippen LogP contribution in [-0.2, 0) is 0 Å². The van der Waals surface area contributed by atoms with E-state index in [1.54, 1.807) is 0 Å². The largest absolute Gasteiger partial charge is 0.368 e. The highest BCUT2D eigenvalue weighted by Crippen LogP contribution is 2.48. The Labute approximate surface area is 76.6 Å². The lowest BCUT2D eigenvalue weighted by atomic mass is 10.2. The van der Waals surface area contributed by atoms with E-state index >= 15 is 0 Å². The number of nitrogen functional groups attached to an aromatic ring is 2. The number of rotatable bonds is 2. The molecule has 1 fully saturated rings. The van der Waals surface area contributed by atoms with Gasteiger partial charge in [0.05, 0.1) is 0 Å². The predicted molar refractivity (Wildman–Crippen MR) is 49.8 cm³/mol. The Balaban J connectivity index is 2.22. The lowest BCUT2D eigenvalue weighted by molar-refractivity contribution is 0.740. The Morgan fingerprint density at radius 1 is 1.23 bits per heavy atom. The summed E-state index contributed by atoms with van der Waals surface area (Å²) in [5.74, 6) is 2.38. The average molecular weight is 179 g/mol. The van der Waals surface area contributed by atoms with Crippen molar-refractivity contribution in [3.05, 3.63) is 5.82 Å². The minimum Gasteiger partial charge on any atom is -0.368 e. The van der Waals surface area contributed by atoms with Gasteiger partial charge in [0.2, 0.25) is 11.9 Å². The highest BCUT2D eigenvalue weighted by molar-refractivity contribution is 5.28. The summed E-state index contributed by atoms with van der Waals surface area (Å²) in [6, 6.07) is 0. The molecule has 5 nitrogen and oxygen atoms in total. The molecule has 1 saturated carbocycles. The van der Waals surface area contributed by atoms with Gasteiger partial charge in [-0.1, -0.05) is 13.3 Å². The molecule has 13 heavy (non-hydrogen) atoms. The van der Waals surface area contributed by atoms with E-state index in [0.717, 1.165) is 18.7 Å². The molecule has 0 bridgehead atoms. The molecule has 2 atom stereocenters. The second kappa shape index (κ2) is 2.83. The SMILES string of the molecule is CCC1CC1c1nc(N)nc(N)n1. The molecule has 0 aromatic carbocycles. The molecule has 1 aliphatic carbocycles. The van der Waals surface area contributed by atoms with Gasteiger partial charge >= 0.3 is 0 Å². The summed E-state index contributed by atoms with van der Waals surface area (Å²) >= 11 is 0. The molecule has 1 aliphatic rings. The monoisotopic (exact) mass is 179 g/mol. The first-order valence-corrected chi connectivity index (χ1v) is 4.47. The van der Waals surface area contributed by atoms with Crippen LogP contribution in [0.25, 0.3) is 0 Å². The minimum absolute atomic E-state index is 0.226. The van der Waals surface area contributed by atoms with E-state index in [1.807, 2.05) is 0 Å². The van der Waals surface area contributed by atoms with Crippen molar-refractivity contribution in [1.29, 1.82) is 0 Å². The Bertz CT molecular complexity index is 304. The fourth-order valence-corrected chi connectivity index (χ4v) is 1.61. The van der Waals surface area contributed by atoms with E-state index in [4.69, 9.17) is 11.5 Å². The van der Waals surface area contributed by atoms with Crippen molar-refractivity contribution in [3.63, 3.8) is 0 Å². The summed E-state index contributed by atoms with van der Waals surface area (Å²) in [6.07, 6.45) is 2.32. The lowest BCUT2D eigenvalue weighted by Gasteiger charge is -1.99. The number of aromatic nitrogens is 3. The van der Waals surface area contributed by atoms with Crippen molar-refractivity contribution in [2.75, 3.05) is 11.5 Å². The maximum Gasteiger partial charge on any atom is 0.225 e. The van der Waals surface area contributed by atoms with Crippen LogP contribution in [0.5, 0.6) is 0 Å². The smallest absolute Gasteiger partial charge is 0.225 e. The molecular weight excluding hydrogens is 166 g/mol. The fraction of sp³-hybridized carbons (Fsp3) is 0.625. The molecule has 2 rings (SSSR count). The van der Waals surface area contributed by atoms with Crippen LogP contribution in [0.4, 0.5) is 11.9 Å². The molecule has 0 amide bonds. The first-order valence-electron chi connectivity index (χ1n) is 4.47. The first kappa shape index (κ1) is 8.22. The average Bonchev–Trinajstić information content (AvgIpc) is 2.80. The highest BCUT2D eigenvalue weighted by Gasteiger charge is 2.39. The van der Waals surface area contributed by atoms with Gasteiger partial charge in [-0.2, -0.15) is 15.0 Å². The summed E-state index contributed by atoms with van der Waals surface area (Å²) in [7, 11) is 0. The topological polar surface area (TPSA) is 90.7 Å². The van der Waals surface area contributed by atoms with Gasteiger partial charge in [0.25, 0.3) is 0 Å². The minimum atomic E-state index is 0.226. The maximum absolute atomic E-state index is 5.47. The van der Waals surface area contributed by atoms with Crippen molar-refractivity contribution >= 4 is 11.9 Å².